The van der Waals surface area contributed by atoms with Crippen molar-refractivity contribution in [2.75, 3.05) is 34.8 Å². The minimum atomic E-state index is -3.01. The third kappa shape index (κ3) is 4.15. The highest BCUT2D eigenvalue weighted by Gasteiger charge is 2.24. The molecule has 1 aliphatic heterocycles. The third-order valence-electron chi connectivity index (χ3n) is 5.27. The highest BCUT2D eigenvalue weighted by molar-refractivity contribution is 7.91. The summed E-state index contributed by atoms with van der Waals surface area (Å²) < 4.78 is 29.7. The molecule has 4 rings (SSSR count). The van der Waals surface area contributed by atoms with Gasteiger partial charge in [-0.25, -0.2) is 8.42 Å². The fraction of sp³-hybridized carbons (Fsp3) is 0.318. The van der Waals surface area contributed by atoms with Crippen LogP contribution in [0.25, 0.3) is 11.0 Å². The maximum Gasteiger partial charge on any atom is 0.200 e. The van der Waals surface area contributed by atoms with Gasteiger partial charge in [-0.05, 0) is 37.6 Å². The first kappa shape index (κ1) is 19.5. The van der Waals surface area contributed by atoms with Crippen LogP contribution in [0.4, 0.5) is 11.6 Å². The van der Waals surface area contributed by atoms with E-state index in [9.17, 15) is 13.2 Å². The maximum absolute atomic E-state index is 12.8. The van der Waals surface area contributed by atoms with E-state index < -0.39 is 9.84 Å². The first-order chi connectivity index (χ1) is 13.8. The van der Waals surface area contributed by atoms with E-state index in [0.29, 0.717) is 29.9 Å². The average Bonchev–Trinajstić information content (AvgIpc) is 2.68. The molecule has 29 heavy (non-hydrogen) atoms. The first-order valence-corrected chi connectivity index (χ1v) is 11.5. The second-order valence-corrected chi connectivity index (χ2v) is 9.85. The summed E-state index contributed by atoms with van der Waals surface area (Å²) in [5.41, 5.74) is 3.29. The lowest BCUT2D eigenvalue weighted by Crippen LogP contribution is -2.40. The smallest absolute Gasteiger partial charge is 0.200 e. The summed E-state index contributed by atoms with van der Waals surface area (Å²) >= 11 is 0. The van der Waals surface area contributed by atoms with E-state index in [1.165, 1.54) is 6.07 Å². The van der Waals surface area contributed by atoms with Gasteiger partial charge in [0.25, 0.3) is 0 Å². The summed E-state index contributed by atoms with van der Waals surface area (Å²) in [6.45, 7) is 4.65. The molecule has 0 spiro atoms. The fourth-order valence-corrected chi connectivity index (χ4v) is 4.90. The van der Waals surface area contributed by atoms with Crippen molar-refractivity contribution in [1.29, 1.82) is 0 Å². The molecule has 1 saturated heterocycles. The number of rotatable bonds is 4. The lowest BCUT2D eigenvalue weighted by molar-refractivity contribution is 0.555. The molecule has 0 aliphatic carbocycles. The van der Waals surface area contributed by atoms with Crippen LogP contribution in [-0.4, -0.2) is 33.0 Å². The van der Waals surface area contributed by atoms with E-state index in [-0.39, 0.29) is 23.0 Å². The quantitative estimate of drug-likeness (QED) is 0.706. The largest absolute Gasteiger partial charge is 0.440 e. The summed E-state index contributed by atoms with van der Waals surface area (Å²) in [4.78, 5) is 14.7. The molecule has 3 aromatic rings. The van der Waals surface area contributed by atoms with Crippen molar-refractivity contribution in [1.82, 2.24) is 0 Å². The number of hydrogen-bond acceptors (Lipinski definition) is 6. The van der Waals surface area contributed by atoms with E-state index in [2.05, 4.69) is 5.32 Å². The number of aryl methyl sites for hydroxylation is 1. The molecule has 2 aromatic carbocycles. The Balaban J connectivity index is 1.76. The maximum atomic E-state index is 12.8. The van der Waals surface area contributed by atoms with Crippen LogP contribution in [0, 0.1) is 6.92 Å². The van der Waals surface area contributed by atoms with Gasteiger partial charge in [0, 0.05) is 30.4 Å². The van der Waals surface area contributed by atoms with E-state index >= 15 is 0 Å². The second kappa shape index (κ2) is 7.55. The molecule has 0 radical (unpaired) electrons. The highest BCUT2D eigenvalue weighted by atomic mass is 32.2. The number of sulfone groups is 1. The summed E-state index contributed by atoms with van der Waals surface area (Å²) in [5.74, 6) is 0.567. The molecule has 1 atom stereocenters. The van der Waals surface area contributed by atoms with Crippen LogP contribution in [0.2, 0.25) is 0 Å². The Morgan fingerprint density at radius 2 is 1.76 bits per heavy atom. The average molecular weight is 413 g/mol. The van der Waals surface area contributed by atoms with Gasteiger partial charge in [-0.2, -0.15) is 0 Å². The number of nitrogens with one attached hydrogen (secondary N) is 1. The van der Waals surface area contributed by atoms with Gasteiger partial charge in [0.1, 0.15) is 5.58 Å². The molecule has 0 unspecified atom stereocenters. The molecule has 1 N–H and O–H groups in total. The lowest BCUT2D eigenvalue weighted by Gasteiger charge is -2.27. The minimum Gasteiger partial charge on any atom is -0.440 e. The molecule has 1 aromatic heterocycles. The minimum absolute atomic E-state index is 0.0709. The summed E-state index contributed by atoms with van der Waals surface area (Å²) in [6.07, 6.45) is 0. The molecule has 1 aliphatic rings. The van der Waals surface area contributed by atoms with Crippen LogP contribution in [0.3, 0.4) is 0 Å². The SMILES string of the molecule is Cc1cc([C@@H](C)Nc2ccccc2)c2oc(N3CCS(=O)(=O)CC3)cc(=O)c2c1. The predicted molar refractivity (Wildman–Crippen MR) is 117 cm³/mol. The molecule has 152 valence electrons. The van der Waals surface area contributed by atoms with Crippen LogP contribution in [-0.2, 0) is 9.84 Å². The number of fused-ring (bicyclic) bond motifs is 1. The summed E-state index contributed by atoms with van der Waals surface area (Å²) in [7, 11) is -3.01. The van der Waals surface area contributed by atoms with Crippen LogP contribution in [0.5, 0.6) is 0 Å². The van der Waals surface area contributed by atoms with Gasteiger partial charge in [-0.3, -0.25) is 4.79 Å². The molecule has 2 heterocycles. The van der Waals surface area contributed by atoms with Crippen molar-refractivity contribution >= 4 is 32.4 Å². The Morgan fingerprint density at radius 1 is 1.07 bits per heavy atom. The Labute approximate surface area is 170 Å². The number of hydrogen-bond donors (Lipinski definition) is 1. The topological polar surface area (TPSA) is 79.6 Å². The van der Waals surface area contributed by atoms with Crippen LogP contribution in [0.1, 0.15) is 24.1 Å². The van der Waals surface area contributed by atoms with Gasteiger partial charge in [0.05, 0.1) is 22.9 Å². The molecular formula is C22H24N2O4S. The summed E-state index contributed by atoms with van der Waals surface area (Å²) in [5, 5.41) is 3.99. The number of nitrogens with zero attached hydrogens (tertiary/aromatic N) is 1. The van der Waals surface area contributed by atoms with Crippen molar-refractivity contribution in [3.05, 3.63) is 69.9 Å². The highest BCUT2D eigenvalue weighted by Crippen LogP contribution is 2.30. The van der Waals surface area contributed by atoms with Gasteiger partial charge in [0.15, 0.2) is 21.2 Å². The van der Waals surface area contributed by atoms with Crippen molar-refractivity contribution < 1.29 is 12.8 Å². The fourth-order valence-electron chi connectivity index (χ4n) is 3.69. The van der Waals surface area contributed by atoms with E-state index in [1.807, 2.05) is 61.2 Å². The summed E-state index contributed by atoms with van der Waals surface area (Å²) in [6, 6.07) is 15.1. The zero-order valence-corrected chi connectivity index (χ0v) is 17.3. The Morgan fingerprint density at radius 3 is 2.45 bits per heavy atom. The monoisotopic (exact) mass is 412 g/mol. The molecule has 0 amide bonds. The van der Waals surface area contributed by atoms with Gasteiger partial charge in [0.2, 0.25) is 0 Å². The van der Waals surface area contributed by atoms with Crippen molar-refractivity contribution in [3.63, 3.8) is 0 Å². The zero-order chi connectivity index (χ0) is 20.6. The van der Waals surface area contributed by atoms with E-state index in [1.54, 1.807) is 0 Å². The normalized spacial score (nSPS) is 17.2. The molecular weight excluding hydrogens is 388 g/mol. The van der Waals surface area contributed by atoms with Gasteiger partial charge >= 0.3 is 0 Å². The molecule has 6 nitrogen and oxygen atoms in total. The Hall–Kier alpha value is -2.80. The van der Waals surface area contributed by atoms with Gasteiger partial charge in [-0.15, -0.1) is 0 Å². The number of para-hydroxylation sites is 1. The Kier molecular flexibility index (Phi) is 5.08. The number of benzene rings is 2. The van der Waals surface area contributed by atoms with Crippen molar-refractivity contribution in [3.8, 4) is 0 Å². The van der Waals surface area contributed by atoms with E-state index in [4.69, 9.17) is 4.42 Å². The van der Waals surface area contributed by atoms with Crippen molar-refractivity contribution in [2.24, 2.45) is 0 Å². The zero-order valence-electron chi connectivity index (χ0n) is 16.5. The molecule has 0 bridgehead atoms. The van der Waals surface area contributed by atoms with Crippen LogP contribution >= 0.6 is 0 Å². The van der Waals surface area contributed by atoms with Crippen molar-refractivity contribution in [2.45, 2.75) is 19.9 Å². The first-order valence-electron chi connectivity index (χ1n) is 9.68. The van der Waals surface area contributed by atoms with Crippen LogP contribution < -0.4 is 15.6 Å². The molecule has 7 heteroatoms. The molecule has 0 saturated carbocycles. The second-order valence-electron chi connectivity index (χ2n) is 7.55. The predicted octanol–water partition coefficient (Wildman–Crippen LogP) is 3.51. The molecule has 1 fully saturated rings. The van der Waals surface area contributed by atoms with Gasteiger partial charge < -0.3 is 14.6 Å². The third-order valence-corrected chi connectivity index (χ3v) is 6.88. The lowest BCUT2D eigenvalue weighted by atomic mass is 10.0. The standard InChI is InChI=1S/C22H24N2O4S/c1-15-12-18(16(2)23-17-6-4-3-5-7-17)22-19(13-15)20(25)14-21(28-22)24-8-10-29(26,27)11-9-24/h3-7,12-14,16,23H,8-11H2,1-2H3/t16-/m1/s1. The Bertz CT molecular complexity index is 1190. The van der Waals surface area contributed by atoms with Gasteiger partial charge in [-0.1, -0.05) is 24.3 Å². The van der Waals surface area contributed by atoms with Crippen LogP contribution in [0.15, 0.2) is 57.7 Å². The van der Waals surface area contributed by atoms with E-state index in [0.717, 1.165) is 16.8 Å². The number of anilines is 2.